The molecule has 0 amide bonds. The Morgan fingerprint density at radius 2 is 2.05 bits per heavy atom. The predicted octanol–water partition coefficient (Wildman–Crippen LogP) is 4.50. The Labute approximate surface area is 125 Å². The minimum Gasteiger partial charge on any atom is -0.489 e. The third-order valence-corrected chi connectivity index (χ3v) is 3.69. The van der Waals surface area contributed by atoms with Gasteiger partial charge in [-0.05, 0) is 30.2 Å². The van der Waals surface area contributed by atoms with Gasteiger partial charge in [0.2, 0.25) is 0 Å². The second kappa shape index (κ2) is 6.52. The maximum absolute atomic E-state index is 10.7. The summed E-state index contributed by atoms with van der Waals surface area (Å²) in [6.07, 6.45) is 0.957. The van der Waals surface area contributed by atoms with E-state index in [9.17, 15) is 10.1 Å². The van der Waals surface area contributed by atoms with Crippen molar-refractivity contribution in [1.29, 1.82) is 0 Å². The number of ether oxygens (including phenoxy) is 1. The zero-order valence-corrected chi connectivity index (χ0v) is 12.6. The number of nitro groups is 1. The van der Waals surface area contributed by atoms with E-state index in [-0.39, 0.29) is 5.69 Å². The van der Waals surface area contributed by atoms with Crippen LogP contribution in [0.2, 0.25) is 0 Å². The topological polar surface area (TPSA) is 52.4 Å². The molecule has 0 heterocycles. The van der Waals surface area contributed by atoms with Gasteiger partial charge in [0.25, 0.3) is 5.69 Å². The fourth-order valence-electron chi connectivity index (χ4n) is 1.78. The van der Waals surface area contributed by atoms with Crippen LogP contribution in [0.4, 0.5) is 5.69 Å². The number of nitro benzene ring substituents is 1. The lowest BCUT2D eigenvalue weighted by atomic mass is 10.1. The Morgan fingerprint density at radius 3 is 2.70 bits per heavy atom. The largest absolute Gasteiger partial charge is 0.489 e. The minimum absolute atomic E-state index is 0.0635. The molecule has 0 saturated carbocycles. The number of non-ortho nitro benzene ring substituents is 1. The summed E-state index contributed by atoms with van der Waals surface area (Å²) in [5.41, 5.74) is 2.15. The fraction of sp³-hybridized carbons (Fsp3) is 0.200. The van der Waals surface area contributed by atoms with Gasteiger partial charge in [-0.3, -0.25) is 10.1 Å². The van der Waals surface area contributed by atoms with E-state index in [2.05, 4.69) is 28.9 Å². The predicted molar refractivity (Wildman–Crippen MR) is 80.9 cm³/mol. The van der Waals surface area contributed by atoms with Crippen molar-refractivity contribution in [3.05, 3.63) is 68.2 Å². The highest BCUT2D eigenvalue weighted by atomic mass is 79.9. The molecule has 0 aliphatic rings. The number of nitrogens with zero attached hydrogens (tertiary/aromatic N) is 1. The number of hydrogen-bond donors (Lipinski definition) is 0. The molecule has 2 aromatic carbocycles. The van der Waals surface area contributed by atoms with Gasteiger partial charge in [0.1, 0.15) is 12.4 Å². The maximum Gasteiger partial charge on any atom is 0.270 e. The molecule has 0 atom stereocenters. The quantitative estimate of drug-likeness (QED) is 0.597. The Hall–Kier alpha value is -1.88. The smallest absolute Gasteiger partial charge is 0.270 e. The third-order valence-electron chi connectivity index (χ3n) is 2.95. The van der Waals surface area contributed by atoms with Crippen LogP contribution >= 0.6 is 15.9 Å². The summed E-state index contributed by atoms with van der Waals surface area (Å²) in [6, 6.07) is 12.6. The summed E-state index contributed by atoms with van der Waals surface area (Å²) >= 11 is 3.33. The van der Waals surface area contributed by atoms with Crippen LogP contribution < -0.4 is 4.74 Å². The Bertz CT molecular complexity index is 628. The number of rotatable bonds is 5. The molecule has 2 aromatic rings. The highest BCUT2D eigenvalue weighted by molar-refractivity contribution is 9.10. The molecule has 0 aromatic heterocycles. The van der Waals surface area contributed by atoms with Gasteiger partial charge in [-0.15, -0.1) is 0 Å². The Kier molecular flexibility index (Phi) is 4.74. The lowest BCUT2D eigenvalue weighted by Gasteiger charge is -2.09. The first-order valence-corrected chi connectivity index (χ1v) is 7.04. The number of halogens is 1. The molecule has 20 heavy (non-hydrogen) atoms. The summed E-state index contributed by atoms with van der Waals surface area (Å²) in [5, 5.41) is 10.7. The summed E-state index contributed by atoms with van der Waals surface area (Å²) in [7, 11) is 0. The van der Waals surface area contributed by atoms with Crippen molar-refractivity contribution in [2.75, 3.05) is 0 Å². The first-order chi connectivity index (χ1) is 9.60. The van der Waals surface area contributed by atoms with E-state index in [0.717, 1.165) is 17.7 Å². The average molecular weight is 336 g/mol. The van der Waals surface area contributed by atoms with E-state index in [1.807, 2.05) is 18.2 Å². The van der Waals surface area contributed by atoms with Crippen molar-refractivity contribution in [1.82, 2.24) is 0 Å². The molecule has 104 valence electrons. The SMILES string of the molecule is CCc1cccc(OCc2ccc([N+](=O)[O-])cc2Br)c1. The highest BCUT2D eigenvalue weighted by Gasteiger charge is 2.09. The first-order valence-electron chi connectivity index (χ1n) is 6.24. The molecule has 0 N–H and O–H groups in total. The van der Waals surface area contributed by atoms with E-state index >= 15 is 0 Å². The zero-order chi connectivity index (χ0) is 14.5. The van der Waals surface area contributed by atoms with Crippen molar-refractivity contribution in [2.24, 2.45) is 0 Å². The minimum atomic E-state index is -0.417. The van der Waals surface area contributed by atoms with E-state index in [4.69, 9.17) is 4.74 Å². The molecular formula is C15H14BrNO3. The van der Waals surface area contributed by atoms with Gasteiger partial charge in [-0.2, -0.15) is 0 Å². The monoisotopic (exact) mass is 335 g/mol. The van der Waals surface area contributed by atoms with Crippen LogP contribution in [0.5, 0.6) is 5.75 Å². The standard InChI is InChI=1S/C15H14BrNO3/c1-2-11-4-3-5-14(8-11)20-10-12-6-7-13(17(18)19)9-15(12)16/h3-9H,2,10H2,1H3. The van der Waals surface area contributed by atoms with E-state index in [1.165, 1.54) is 17.7 Å². The summed E-state index contributed by atoms with van der Waals surface area (Å²) in [5.74, 6) is 0.801. The van der Waals surface area contributed by atoms with Crippen LogP contribution in [0, 0.1) is 10.1 Å². The maximum atomic E-state index is 10.7. The molecule has 0 spiro atoms. The van der Waals surface area contributed by atoms with Gasteiger partial charge in [0.15, 0.2) is 0 Å². The van der Waals surface area contributed by atoms with Crippen molar-refractivity contribution in [3.63, 3.8) is 0 Å². The van der Waals surface area contributed by atoms with Gasteiger partial charge >= 0.3 is 0 Å². The van der Waals surface area contributed by atoms with E-state index in [1.54, 1.807) is 6.07 Å². The van der Waals surface area contributed by atoms with Crippen LogP contribution in [0.3, 0.4) is 0 Å². The molecular weight excluding hydrogens is 322 g/mol. The fourth-order valence-corrected chi connectivity index (χ4v) is 2.26. The van der Waals surface area contributed by atoms with Crippen LogP contribution in [0.1, 0.15) is 18.1 Å². The average Bonchev–Trinajstić information content (AvgIpc) is 2.46. The van der Waals surface area contributed by atoms with Gasteiger partial charge in [0, 0.05) is 22.2 Å². The normalized spacial score (nSPS) is 10.3. The lowest BCUT2D eigenvalue weighted by Crippen LogP contribution is -1.98. The Balaban J connectivity index is 2.08. The van der Waals surface area contributed by atoms with E-state index in [0.29, 0.717) is 11.1 Å². The molecule has 0 unspecified atom stereocenters. The highest BCUT2D eigenvalue weighted by Crippen LogP contribution is 2.24. The van der Waals surface area contributed by atoms with Crippen LogP contribution in [0.15, 0.2) is 46.9 Å². The van der Waals surface area contributed by atoms with Crippen LogP contribution in [0.25, 0.3) is 0 Å². The molecule has 4 nitrogen and oxygen atoms in total. The van der Waals surface area contributed by atoms with E-state index < -0.39 is 4.92 Å². The van der Waals surface area contributed by atoms with Gasteiger partial charge < -0.3 is 4.74 Å². The Morgan fingerprint density at radius 1 is 1.25 bits per heavy atom. The van der Waals surface area contributed by atoms with Gasteiger partial charge in [-0.1, -0.05) is 35.0 Å². The molecule has 0 bridgehead atoms. The van der Waals surface area contributed by atoms with Crippen LogP contribution in [-0.2, 0) is 13.0 Å². The first kappa shape index (κ1) is 14.5. The second-order valence-corrected chi connectivity index (χ2v) is 5.18. The zero-order valence-electron chi connectivity index (χ0n) is 11.0. The van der Waals surface area contributed by atoms with Gasteiger partial charge in [-0.25, -0.2) is 0 Å². The molecule has 0 fully saturated rings. The molecule has 0 radical (unpaired) electrons. The molecule has 0 saturated heterocycles. The number of hydrogen-bond acceptors (Lipinski definition) is 3. The third kappa shape index (κ3) is 3.57. The van der Waals surface area contributed by atoms with Gasteiger partial charge in [0.05, 0.1) is 4.92 Å². The number of benzene rings is 2. The summed E-state index contributed by atoms with van der Waals surface area (Å²) < 4.78 is 6.39. The number of aryl methyl sites for hydroxylation is 1. The summed E-state index contributed by atoms with van der Waals surface area (Å²) in [4.78, 5) is 10.3. The van der Waals surface area contributed by atoms with Crippen molar-refractivity contribution in [2.45, 2.75) is 20.0 Å². The molecule has 2 rings (SSSR count). The van der Waals surface area contributed by atoms with Crippen molar-refractivity contribution < 1.29 is 9.66 Å². The lowest BCUT2D eigenvalue weighted by molar-refractivity contribution is -0.384. The second-order valence-electron chi connectivity index (χ2n) is 4.32. The molecule has 5 heteroatoms. The molecule has 0 aliphatic heterocycles. The van der Waals surface area contributed by atoms with Crippen LogP contribution in [-0.4, -0.2) is 4.92 Å². The molecule has 0 aliphatic carbocycles. The summed E-state index contributed by atoms with van der Waals surface area (Å²) in [6.45, 7) is 2.46. The van der Waals surface area contributed by atoms with Crippen molar-refractivity contribution in [3.8, 4) is 5.75 Å². The van der Waals surface area contributed by atoms with Crippen molar-refractivity contribution >= 4 is 21.6 Å².